The third-order valence-corrected chi connectivity index (χ3v) is 5.16. The summed E-state index contributed by atoms with van der Waals surface area (Å²) < 4.78 is 0. The van der Waals surface area contributed by atoms with Crippen molar-refractivity contribution in [2.24, 2.45) is 17.3 Å². The predicted molar refractivity (Wildman–Crippen MR) is 79.4 cm³/mol. The molecule has 0 aromatic carbocycles. The Balaban J connectivity index is 2.48. The second-order valence-electron chi connectivity index (χ2n) is 6.30. The van der Waals surface area contributed by atoms with E-state index in [1.807, 2.05) is 13.8 Å². The molecule has 1 saturated carbocycles. The summed E-state index contributed by atoms with van der Waals surface area (Å²) in [7, 11) is 0. The standard InChI is InChI=1S/C16H29NO3/c1-4-16(5-2,15(19)20)10-14(18)17-11-13-9-7-6-8-12(13)3/h12-13H,4-11H2,1-3H3,(H,17,18)(H,19,20). The van der Waals surface area contributed by atoms with Gasteiger partial charge in [0, 0.05) is 13.0 Å². The zero-order valence-electron chi connectivity index (χ0n) is 13.1. The van der Waals surface area contributed by atoms with E-state index in [4.69, 9.17) is 0 Å². The minimum Gasteiger partial charge on any atom is -0.481 e. The number of carboxylic acids is 1. The van der Waals surface area contributed by atoms with Crippen LogP contribution >= 0.6 is 0 Å². The van der Waals surface area contributed by atoms with Crippen LogP contribution in [0.2, 0.25) is 0 Å². The summed E-state index contributed by atoms with van der Waals surface area (Å²) in [6.07, 6.45) is 6.03. The molecule has 1 amide bonds. The molecule has 4 heteroatoms. The fourth-order valence-electron chi connectivity index (χ4n) is 3.19. The number of carbonyl (C=O) groups excluding carboxylic acids is 1. The number of carboxylic acid groups (broad SMARTS) is 1. The Morgan fingerprint density at radius 1 is 1.20 bits per heavy atom. The Kier molecular flexibility index (Phi) is 6.50. The number of carbonyl (C=O) groups is 2. The van der Waals surface area contributed by atoms with Crippen molar-refractivity contribution in [2.45, 2.75) is 65.7 Å². The van der Waals surface area contributed by atoms with Crippen LogP contribution in [0.25, 0.3) is 0 Å². The van der Waals surface area contributed by atoms with Crippen LogP contribution in [0, 0.1) is 17.3 Å². The summed E-state index contributed by atoms with van der Waals surface area (Å²) >= 11 is 0. The molecular formula is C16H29NO3. The van der Waals surface area contributed by atoms with Crippen LogP contribution in [0.1, 0.15) is 65.7 Å². The first kappa shape index (κ1) is 17.0. The zero-order valence-corrected chi connectivity index (χ0v) is 13.1. The van der Waals surface area contributed by atoms with Gasteiger partial charge in [-0.2, -0.15) is 0 Å². The number of nitrogens with one attached hydrogen (secondary N) is 1. The van der Waals surface area contributed by atoms with E-state index in [1.165, 1.54) is 25.7 Å². The van der Waals surface area contributed by atoms with Crippen molar-refractivity contribution in [1.29, 1.82) is 0 Å². The molecule has 0 radical (unpaired) electrons. The molecule has 1 rings (SSSR count). The maximum absolute atomic E-state index is 12.1. The van der Waals surface area contributed by atoms with Gasteiger partial charge in [-0.25, -0.2) is 0 Å². The van der Waals surface area contributed by atoms with Gasteiger partial charge in [-0.05, 0) is 31.1 Å². The number of hydrogen-bond acceptors (Lipinski definition) is 2. The summed E-state index contributed by atoms with van der Waals surface area (Å²) in [6, 6.07) is 0. The van der Waals surface area contributed by atoms with Gasteiger partial charge < -0.3 is 10.4 Å². The lowest BCUT2D eigenvalue weighted by Crippen LogP contribution is -2.39. The van der Waals surface area contributed by atoms with E-state index in [2.05, 4.69) is 12.2 Å². The Bertz CT molecular complexity index is 337. The minimum atomic E-state index is -0.901. The van der Waals surface area contributed by atoms with Crippen molar-refractivity contribution in [3.05, 3.63) is 0 Å². The van der Waals surface area contributed by atoms with E-state index < -0.39 is 11.4 Å². The zero-order chi connectivity index (χ0) is 15.2. The number of aliphatic carboxylic acids is 1. The Hall–Kier alpha value is -1.06. The van der Waals surface area contributed by atoms with E-state index >= 15 is 0 Å². The highest BCUT2D eigenvalue weighted by Crippen LogP contribution is 2.31. The maximum Gasteiger partial charge on any atom is 0.310 e. The second-order valence-corrected chi connectivity index (χ2v) is 6.30. The minimum absolute atomic E-state index is 0.0937. The first-order chi connectivity index (χ1) is 9.45. The van der Waals surface area contributed by atoms with Crippen LogP contribution in [0.3, 0.4) is 0 Å². The molecule has 1 aliphatic rings. The highest BCUT2D eigenvalue weighted by Gasteiger charge is 2.37. The molecule has 0 aliphatic heterocycles. The molecule has 4 nitrogen and oxygen atoms in total. The van der Waals surface area contributed by atoms with Crippen LogP contribution in [-0.2, 0) is 9.59 Å². The van der Waals surface area contributed by atoms with Crippen LogP contribution in [-0.4, -0.2) is 23.5 Å². The second kappa shape index (κ2) is 7.65. The first-order valence-corrected chi connectivity index (χ1v) is 7.95. The lowest BCUT2D eigenvalue weighted by Gasteiger charge is -2.30. The van der Waals surface area contributed by atoms with Gasteiger partial charge in [0.05, 0.1) is 5.41 Å². The molecule has 0 aromatic heterocycles. The van der Waals surface area contributed by atoms with E-state index in [0.29, 0.717) is 31.2 Å². The van der Waals surface area contributed by atoms with Gasteiger partial charge in [0.2, 0.25) is 5.91 Å². The highest BCUT2D eigenvalue weighted by molar-refractivity contribution is 5.84. The van der Waals surface area contributed by atoms with Gasteiger partial charge in [0.1, 0.15) is 0 Å². The number of amides is 1. The Morgan fingerprint density at radius 2 is 1.80 bits per heavy atom. The van der Waals surface area contributed by atoms with E-state index in [0.717, 1.165) is 0 Å². The van der Waals surface area contributed by atoms with Crippen molar-refractivity contribution >= 4 is 11.9 Å². The van der Waals surface area contributed by atoms with Gasteiger partial charge in [-0.15, -0.1) is 0 Å². The van der Waals surface area contributed by atoms with Crippen molar-refractivity contribution < 1.29 is 14.7 Å². The van der Waals surface area contributed by atoms with Gasteiger partial charge in [0.15, 0.2) is 0 Å². The van der Waals surface area contributed by atoms with Crippen LogP contribution in [0.15, 0.2) is 0 Å². The third-order valence-electron chi connectivity index (χ3n) is 5.16. The molecule has 0 spiro atoms. The lowest BCUT2D eigenvalue weighted by atomic mass is 9.78. The summed E-state index contributed by atoms with van der Waals surface area (Å²) in [6.45, 7) is 6.63. The maximum atomic E-state index is 12.1. The number of hydrogen-bond donors (Lipinski definition) is 2. The van der Waals surface area contributed by atoms with Gasteiger partial charge in [-0.1, -0.05) is 40.0 Å². The molecule has 0 bridgehead atoms. The summed E-state index contributed by atoms with van der Waals surface area (Å²) in [5.74, 6) is 0.235. The Labute approximate surface area is 122 Å². The molecule has 1 fully saturated rings. The van der Waals surface area contributed by atoms with Crippen LogP contribution < -0.4 is 5.32 Å². The summed E-state index contributed by atoms with van der Waals surface area (Å²) in [5, 5.41) is 12.3. The van der Waals surface area contributed by atoms with Gasteiger partial charge in [0.25, 0.3) is 0 Å². The van der Waals surface area contributed by atoms with Crippen LogP contribution in [0.4, 0.5) is 0 Å². The SMILES string of the molecule is CCC(CC)(CC(=O)NCC1CCCCC1C)C(=O)O. The van der Waals surface area contributed by atoms with Crippen molar-refractivity contribution in [3.8, 4) is 0 Å². The summed E-state index contributed by atoms with van der Waals surface area (Å²) in [5.41, 5.74) is -0.901. The van der Waals surface area contributed by atoms with E-state index in [-0.39, 0.29) is 12.3 Å². The normalized spacial score (nSPS) is 23.4. The molecular weight excluding hydrogens is 254 g/mol. The fourth-order valence-corrected chi connectivity index (χ4v) is 3.19. The smallest absolute Gasteiger partial charge is 0.310 e. The average Bonchev–Trinajstić information content (AvgIpc) is 2.43. The first-order valence-electron chi connectivity index (χ1n) is 7.95. The Morgan fingerprint density at radius 3 is 2.30 bits per heavy atom. The largest absolute Gasteiger partial charge is 0.481 e. The van der Waals surface area contributed by atoms with Gasteiger partial charge in [-0.3, -0.25) is 9.59 Å². The fraction of sp³-hybridized carbons (Fsp3) is 0.875. The molecule has 0 aromatic rings. The van der Waals surface area contributed by atoms with Crippen LogP contribution in [0.5, 0.6) is 0 Å². The molecule has 0 saturated heterocycles. The molecule has 1 aliphatic carbocycles. The molecule has 0 heterocycles. The molecule has 2 unspecified atom stereocenters. The van der Waals surface area contributed by atoms with Gasteiger partial charge >= 0.3 is 5.97 Å². The highest BCUT2D eigenvalue weighted by atomic mass is 16.4. The quantitative estimate of drug-likeness (QED) is 0.754. The topological polar surface area (TPSA) is 66.4 Å². The molecule has 2 atom stereocenters. The average molecular weight is 283 g/mol. The lowest BCUT2D eigenvalue weighted by molar-refractivity contribution is -0.152. The van der Waals surface area contributed by atoms with E-state index in [9.17, 15) is 14.7 Å². The molecule has 2 N–H and O–H groups in total. The molecule has 20 heavy (non-hydrogen) atoms. The third kappa shape index (κ3) is 4.22. The molecule has 116 valence electrons. The summed E-state index contributed by atoms with van der Waals surface area (Å²) in [4.78, 5) is 23.5. The predicted octanol–water partition coefficient (Wildman–Crippen LogP) is 3.21. The van der Waals surface area contributed by atoms with Crippen molar-refractivity contribution in [2.75, 3.05) is 6.54 Å². The van der Waals surface area contributed by atoms with E-state index in [1.54, 1.807) is 0 Å². The number of rotatable bonds is 7. The monoisotopic (exact) mass is 283 g/mol. The van der Waals surface area contributed by atoms with Crippen molar-refractivity contribution in [3.63, 3.8) is 0 Å². The van der Waals surface area contributed by atoms with Crippen molar-refractivity contribution in [1.82, 2.24) is 5.32 Å².